The molecule has 0 aromatic heterocycles. The SMILES string of the molecule is CCCCCCCCC(=O)OOC(=O)C(CCC)CC1O[C@H](CO)[C@@H](O)[C@H](O)[C@H]1O. The van der Waals surface area contributed by atoms with E-state index in [0.29, 0.717) is 19.3 Å². The highest BCUT2D eigenvalue weighted by atomic mass is 17.2. The van der Waals surface area contributed by atoms with E-state index >= 15 is 0 Å². The van der Waals surface area contributed by atoms with E-state index < -0.39 is 55.0 Å². The van der Waals surface area contributed by atoms with Gasteiger partial charge in [0.25, 0.3) is 0 Å². The molecule has 0 saturated carbocycles. The number of ether oxygens (including phenoxy) is 1. The van der Waals surface area contributed by atoms with Gasteiger partial charge in [0, 0.05) is 0 Å². The molecule has 6 atom stereocenters. The highest BCUT2D eigenvalue weighted by Gasteiger charge is 2.44. The molecule has 4 N–H and O–H groups in total. The monoisotopic (exact) mass is 434 g/mol. The number of rotatable bonds is 13. The third-order valence-corrected chi connectivity index (χ3v) is 5.43. The van der Waals surface area contributed by atoms with Gasteiger partial charge in [-0.2, -0.15) is 0 Å². The van der Waals surface area contributed by atoms with Crippen LogP contribution >= 0.6 is 0 Å². The number of carbonyl (C=O) groups is 2. The van der Waals surface area contributed by atoms with Crippen LogP contribution in [-0.2, 0) is 24.1 Å². The summed E-state index contributed by atoms with van der Waals surface area (Å²) in [6.07, 6.45) is 0.873. The van der Waals surface area contributed by atoms with Crippen LogP contribution in [0.5, 0.6) is 0 Å². The quantitative estimate of drug-likeness (QED) is 0.192. The van der Waals surface area contributed by atoms with Gasteiger partial charge < -0.3 is 25.2 Å². The summed E-state index contributed by atoms with van der Waals surface area (Å²) in [6.45, 7) is 3.45. The number of aliphatic hydroxyl groups excluding tert-OH is 4. The number of hydrogen-bond acceptors (Lipinski definition) is 9. The van der Waals surface area contributed by atoms with Crippen molar-refractivity contribution in [2.45, 2.75) is 109 Å². The topological polar surface area (TPSA) is 143 Å². The van der Waals surface area contributed by atoms with Crippen LogP contribution in [-0.4, -0.2) is 69.5 Å². The lowest BCUT2D eigenvalue weighted by Crippen LogP contribution is -2.58. The van der Waals surface area contributed by atoms with Gasteiger partial charge in [-0.1, -0.05) is 52.4 Å². The van der Waals surface area contributed by atoms with Crippen molar-refractivity contribution in [2.75, 3.05) is 6.61 Å². The first-order valence-electron chi connectivity index (χ1n) is 11.1. The normalized spacial score (nSPS) is 27.5. The fourth-order valence-corrected chi connectivity index (χ4v) is 3.58. The molecule has 1 aliphatic rings. The third-order valence-electron chi connectivity index (χ3n) is 5.43. The van der Waals surface area contributed by atoms with Gasteiger partial charge in [-0.05, 0) is 19.3 Å². The van der Waals surface area contributed by atoms with Gasteiger partial charge in [-0.15, -0.1) is 0 Å². The zero-order valence-corrected chi connectivity index (χ0v) is 18.1. The molecule has 9 heteroatoms. The minimum absolute atomic E-state index is 0.0108. The number of hydrogen-bond donors (Lipinski definition) is 4. The van der Waals surface area contributed by atoms with Gasteiger partial charge in [0.15, 0.2) is 0 Å². The second-order valence-corrected chi connectivity index (χ2v) is 7.96. The molecule has 30 heavy (non-hydrogen) atoms. The minimum Gasteiger partial charge on any atom is -0.394 e. The maximum Gasteiger partial charge on any atom is 0.358 e. The van der Waals surface area contributed by atoms with Crippen LogP contribution in [0.3, 0.4) is 0 Å². The van der Waals surface area contributed by atoms with Crippen molar-refractivity contribution in [2.24, 2.45) is 5.92 Å². The van der Waals surface area contributed by atoms with E-state index in [1.165, 1.54) is 6.42 Å². The lowest BCUT2D eigenvalue weighted by molar-refractivity contribution is -0.265. The maximum atomic E-state index is 12.4. The van der Waals surface area contributed by atoms with Crippen molar-refractivity contribution in [1.29, 1.82) is 0 Å². The van der Waals surface area contributed by atoms with Crippen LogP contribution < -0.4 is 0 Å². The molecular weight excluding hydrogens is 396 g/mol. The standard InChI is InChI=1S/C21H38O9/c1-3-5-6-7-8-9-11-17(23)29-30-21(27)14(10-4-2)12-15-18(24)20(26)19(25)16(13-22)28-15/h14-16,18-20,22,24-26H,3-13H2,1-2H3/t14?,15?,16-,18+,19-,20-/m1/s1. The van der Waals surface area contributed by atoms with E-state index in [4.69, 9.17) is 9.62 Å². The molecule has 1 aliphatic heterocycles. The Morgan fingerprint density at radius 3 is 2.13 bits per heavy atom. The summed E-state index contributed by atoms with van der Waals surface area (Å²) in [4.78, 5) is 33.5. The fourth-order valence-electron chi connectivity index (χ4n) is 3.58. The van der Waals surface area contributed by atoms with Crippen molar-refractivity contribution >= 4 is 11.9 Å². The Morgan fingerprint density at radius 1 is 0.867 bits per heavy atom. The molecule has 1 saturated heterocycles. The maximum absolute atomic E-state index is 12.4. The Hall–Kier alpha value is -1.26. The van der Waals surface area contributed by atoms with Crippen molar-refractivity contribution in [3.05, 3.63) is 0 Å². The first-order valence-corrected chi connectivity index (χ1v) is 11.1. The summed E-state index contributed by atoms with van der Waals surface area (Å²) in [5.41, 5.74) is 0. The van der Waals surface area contributed by atoms with E-state index in [2.05, 4.69) is 11.8 Å². The highest BCUT2D eigenvalue weighted by molar-refractivity contribution is 5.74. The van der Waals surface area contributed by atoms with Gasteiger partial charge in [-0.3, -0.25) is 0 Å². The zero-order chi connectivity index (χ0) is 22.5. The second kappa shape index (κ2) is 14.7. The first-order chi connectivity index (χ1) is 14.3. The zero-order valence-electron chi connectivity index (χ0n) is 18.1. The predicted molar refractivity (Wildman–Crippen MR) is 107 cm³/mol. The van der Waals surface area contributed by atoms with Crippen LogP contribution in [0.25, 0.3) is 0 Å². The Labute approximate surface area is 178 Å². The predicted octanol–water partition coefficient (Wildman–Crippen LogP) is 1.39. The molecule has 1 heterocycles. The molecule has 9 nitrogen and oxygen atoms in total. The largest absolute Gasteiger partial charge is 0.394 e. The van der Waals surface area contributed by atoms with Gasteiger partial charge >= 0.3 is 11.9 Å². The lowest BCUT2D eigenvalue weighted by Gasteiger charge is -2.40. The van der Waals surface area contributed by atoms with Crippen molar-refractivity contribution < 1.29 is 44.5 Å². The van der Waals surface area contributed by atoms with E-state index in [1.807, 2.05) is 6.92 Å². The summed E-state index contributed by atoms with van der Waals surface area (Å²) >= 11 is 0. The number of aliphatic hydroxyl groups is 4. The molecule has 176 valence electrons. The van der Waals surface area contributed by atoms with Gasteiger partial charge in [0.2, 0.25) is 0 Å². The molecule has 0 spiro atoms. The average molecular weight is 435 g/mol. The first kappa shape index (κ1) is 26.8. The van der Waals surface area contributed by atoms with Crippen LogP contribution in [0.4, 0.5) is 0 Å². The van der Waals surface area contributed by atoms with E-state index in [1.54, 1.807) is 0 Å². The van der Waals surface area contributed by atoms with Crippen LogP contribution in [0, 0.1) is 5.92 Å². The van der Waals surface area contributed by atoms with Crippen molar-refractivity contribution in [3.8, 4) is 0 Å². The Bertz CT molecular complexity index is 497. The molecular formula is C21H38O9. The van der Waals surface area contributed by atoms with E-state index in [9.17, 15) is 30.0 Å². The minimum atomic E-state index is -1.51. The molecule has 0 radical (unpaired) electrons. The Balaban J connectivity index is 2.47. The fraction of sp³-hybridized carbons (Fsp3) is 0.905. The van der Waals surface area contributed by atoms with Gasteiger partial charge in [0.1, 0.15) is 24.4 Å². The van der Waals surface area contributed by atoms with Crippen molar-refractivity contribution in [1.82, 2.24) is 0 Å². The third kappa shape index (κ3) is 8.85. The Kier molecular flexibility index (Phi) is 13.1. The molecule has 1 fully saturated rings. The smallest absolute Gasteiger partial charge is 0.358 e. The second-order valence-electron chi connectivity index (χ2n) is 7.96. The van der Waals surface area contributed by atoms with Gasteiger partial charge in [-0.25, -0.2) is 19.4 Å². The molecule has 2 unspecified atom stereocenters. The van der Waals surface area contributed by atoms with Crippen molar-refractivity contribution in [3.63, 3.8) is 0 Å². The lowest BCUT2D eigenvalue weighted by atomic mass is 9.88. The molecule has 0 bridgehead atoms. The highest BCUT2D eigenvalue weighted by Crippen LogP contribution is 2.27. The molecule has 0 amide bonds. The molecule has 1 rings (SSSR count). The van der Waals surface area contributed by atoms with E-state index in [-0.39, 0.29) is 12.8 Å². The van der Waals surface area contributed by atoms with Crippen LogP contribution in [0.2, 0.25) is 0 Å². The average Bonchev–Trinajstić information content (AvgIpc) is 2.74. The number of carbonyl (C=O) groups excluding carboxylic acids is 2. The summed E-state index contributed by atoms with van der Waals surface area (Å²) in [5, 5.41) is 39.2. The molecule has 0 aliphatic carbocycles. The van der Waals surface area contributed by atoms with E-state index in [0.717, 1.165) is 25.7 Å². The molecule has 0 aromatic rings. The number of unbranched alkanes of at least 4 members (excludes halogenated alkanes) is 5. The Morgan fingerprint density at radius 2 is 1.50 bits per heavy atom. The molecule has 0 aromatic carbocycles. The summed E-state index contributed by atoms with van der Waals surface area (Å²) < 4.78 is 5.45. The van der Waals surface area contributed by atoms with Gasteiger partial charge in [0.05, 0.1) is 25.0 Å². The van der Waals surface area contributed by atoms with Crippen LogP contribution in [0.15, 0.2) is 0 Å². The summed E-state index contributed by atoms with van der Waals surface area (Å²) in [7, 11) is 0. The summed E-state index contributed by atoms with van der Waals surface area (Å²) in [6, 6.07) is 0. The van der Waals surface area contributed by atoms with Crippen LogP contribution in [0.1, 0.15) is 78.1 Å². The summed E-state index contributed by atoms with van der Waals surface area (Å²) in [5.74, 6) is -2.11.